The molecule has 158 valence electrons. The van der Waals surface area contributed by atoms with Gasteiger partial charge in [-0.05, 0) is 35.7 Å². The second-order valence-corrected chi connectivity index (χ2v) is 9.70. The van der Waals surface area contributed by atoms with Crippen molar-refractivity contribution in [1.82, 2.24) is 9.55 Å². The number of halogens is 2. The zero-order valence-corrected chi connectivity index (χ0v) is 19.7. The Hall–Kier alpha value is -2.77. The van der Waals surface area contributed by atoms with Crippen LogP contribution in [0.25, 0.3) is 31.7 Å². The van der Waals surface area contributed by atoms with Gasteiger partial charge in [-0.2, -0.15) is 4.99 Å². The second-order valence-electron chi connectivity index (χ2n) is 6.96. The number of amides is 1. The Labute approximate surface area is 201 Å². The van der Waals surface area contributed by atoms with Crippen LogP contribution in [0.3, 0.4) is 0 Å². The molecule has 5 rings (SSSR count). The van der Waals surface area contributed by atoms with Gasteiger partial charge in [0.2, 0.25) is 0 Å². The molecule has 0 radical (unpaired) electrons. The highest BCUT2D eigenvalue weighted by atomic mass is 35.5. The molecule has 8 heteroatoms. The summed E-state index contributed by atoms with van der Waals surface area (Å²) in [6.07, 6.45) is 1.74. The summed E-state index contributed by atoms with van der Waals surface area (Å²) in [4.78, 5) is 24.2. The molecule has 3 aromatic heterocycles. The van der Waals surface area contributed by atoms with E-state index in [0.717, 1.165) is 31.7 Å². The van der Waals surface area contributed by atoms with Gasteiger partial charge in [-0.25, -0.2) is 4.98 Å². The molecule has 0 aliphatic carbocycles. The van der Waals surface area contributed by atoms with Crippen molar-refractivity contribution in [3.63, 3.8) is 0 Å². The minimum absolute atomic E-state index is 0.340. The number of fused-ring (bicyclic) bond motifs is 2. The van der Waals surface area contributed by atoms with Crippen molar-refractivity contribution >= 4 is 72.9 Å². The average molecular weight is 496 g/mol. The van der Waals surface area contributed by atoms with Gasteiger partial charge in [-0.1, -0.05) is 64.9 Å². The number of benzene rings is 2. The Kier molecular flexibility index (Phi) is 5.69. The summed E-state index contributed by atoms with van der Waals surface area (Å²) < 4.78 is 2.76. The van der Waals surface area contributed by atoms with Crippen LogP contribution in [0.15, 0.2) is 77.6 Å². The third kappa shape index (κ3) is 3.69. The maximum Gasteiger partial charge on any atom is 0.280 e. The Morgan fingerprint density at radius 3 is 2.78 bits per heavy atom. The predicted octanol–water partition coefficient (Wildman–Crippen LogP) is 7.21. The molecule has 0 fully saturated rings. The van der Waals surface area contributed by atoms with Crippen LogP contribution in [0.2, 0.25) is 10.0 Å². The van der Waals surface area contributed by atoms with Crippen molar-refractivity contribution in [3.8, 4) is 10.6 Å². The number of allylic oxidation sites excluding steroid dienone is 1. The number of thiophene rings is 1. The van der Waals surface area contributed by atoms with Crippen LogP contribution in [0.5, 0.6) is 0 Å². The van der Waals surface area contributed by atoms with Gasteiger partial charge in [-0.3, -0.25) is 4.79 Å². The monoisotopic (exact) mass is 495 g/mol. The normalized spacial score (nSPS) is 12.0. The fraction of sp³-hybridized carbons (Fsp3) is 0.0417. The lowest BCUT2D eigenvalue weighted by atomic mass is 10.1. The highest BCUT2D eigenvalue weighted by molar-refractivity contribution is 7.16. The molecule has 0 aliphatic rings. The summed E-state index contributed by atoms with van der Waals surface area (Å²) in [6.45, 7) is 4.28. The molecule has 0 saturated carbocycles. The third-order valence-corrected chi connectivity index (χ3v) is 7.69. The zero-order valence-electron chi connectivity index (χ0n) is 16.6. The lowest BCUT2D eigenvalue weighted by Crippen LogP contribution is -2.16. The summed E-state index contributed by atoms with van der Waals surface area (Å²) in [5.74, 6) is -0.340. The quantitative estimate of drug-likeness (QED) is 0.247. The molecule has 5 aromatic rings. The standard InChI is InChI=1S/C24H15Cl2N3OS2/c1-2-11-29-22-20(10-9-16(25)21(22)26)32-24(29)28-23(30)15-13-18(19-8-5-12-31-19)27-17-7-4-3-6-14(15)17/h2-10,12-13H,1,11H2. The second kappa shape index (κ2) is 8.64. The van der Waals surface area contributed by atoms with E-state index in [2.05, 4.69) is 11.6 Å². The van der Waals surface area contributed by atoms with Crippen molar-refractivity contribution < 1.29 is 4.79 Å². The van der Waals surface area contributed by atoms with Crippen molar-refractivity contribution in [2.24, 2.45) is 4.99 Å². The number of nitrogens with zero attached hydrogens (tertiary/aromatic N) is 3. The third-order valence-electron chi connectivity index (χ3n) is 4.96. The van der Waals surface area contributed by atoms with Gasteiger partial charge in [0, 0.05) is 11.9 Å². The van der Waals surface area contributed by atoms with Crippen LogP contribution >= 0.6 is 45.9 Å². The number of hydrogen-bond donors (Lipinski definition) is 0. The van der Waals surface area contributed by atoms with E-state index in [1.54, 1.807) is 23.5 Å². The summed E-state index contributed by atoms with van der Waals surface area (Å²) in [6, 6.07) is 17.0. The van der Waals surface area contributed by atoms with E-state index in [1.165, 1.54) is 11.3 Å². The lowest BCUT2D eigenvalue weighted by molar-refractivity contribution is 0.0999. The minimum Gasteiger partial charge on any atom is -0.311 e. The Morgan fingerprint density at radius 1 is 1.16 bits per heavy atom. The van der Waals surface area contributed by atoms with Crippen LogP contribution in [0.4, 0.5) is 0 Å². The molecular formula is C24H15Cl2N3OS2. The molecule has 1 amide bonds. The van der Waals surface area contributed by atoms with Crippen LogP contribution in [0.1, 0.15) is 10.4 Å². The number of thiazole rings is 1. The van der Waals surface area contributed by atoms with Gasteiger partial charge in [0.25, 0.3) is 5.91 Å². The molecular weight excluding hydrogens is 481 g/mol. The first-order chi connectivity index (χ1) is 15.6. The molecule has 32 heavy (non-hydrogen) atoms. The molecule has 0 unspecified atom stereocenters. The molecule has 2 aromatic carbocycles. The van der Waals surface area contributed by atoms with Crippen molar-refractivity contribution in [2.45, 2.75) is 6.54 Å². The van der Waals surface area contributed by atoms with Gasteiger partial charge in [0.15, 0.2) is 4.80 Å². The van der Waals surface area contributed by atoms with Crippen molar-refractivity contribution in [3.05, 3.63) is 93.0 Å². The minimum atomic E-state index is -0.340. The summed E-state index contributed by atoms with van der Waals surface area (Å²) in [7, 11) is 0. The Bertz CT molecular complexity index is 1570. The van der Waals surface area contributed by atoms with Gasteiger partial charge in [0.05, 0.1) is 41.9 Å². The van der Waals surface area contributed by atoms with Gasteiger partial charge in [0.1, 0.15) is 0 Å². The molecule has 3 heterocycles. The maximum absolute atomic E-state index is 13.5. The molecule has 0 bridgehead atoms. The average Bonchev–Trinajstić information content (AvgIpc) is 3.45. The van der Waals surface area contributed by atoms with Gasteiger partial charge in [-0.15, -0.1) is 17.9 Å². The zero-order chi connectivity index (χ0) is 22.2. The highest BCUT2D eigenvalue weighted by Crippen LogP contribution is 2.32. The molecule has 0 N–H and O–H groups in total. The molecule has 0 aliphatic heterocycles. The predicted molar refractivity (Wildman–Crippen MR) is 135 cm³/mol. The summed E-state index contributed by atoms with van der Waals surface area (Å²) in [5.41, 5.74) is 2.75. The fourth-order valence-electron chi connectivity index (χ4n) is 3.54. The van der Waals surface area contributed by atoms with E-state index in [1.807, 2.05) is 58.5 Å². The van der Waals surface area contributed by atoms with Crippen LogP contribution in [-0.2, 0) is 6.54 Å². The van der Waals surface area contributed by atoms with Crippen molar-refractivity contribution in [2.75, 3.05) is 0 Å². The van der Waals surface area contributed by atoms with Crippen LogP contribution in [-0.4, -0.2) is 15.5 Å². The van der Waals surface area contributed by atoms with E-state index < -0.39 is 0 Å². The molecule has 0 saturated heterocycles. The van der Waals surface area contributed by atoms with Crippen LogP contribution < -0.4 is 4.80 Å². The topological polar surface area (TPSA) is 47.2 Å². The van der Waals surface area contributed by atoms with E-state index in [4.69, 9.17) is 28.2 Å². The number of pyridine rings is 1. The number of rotatable bonds is 4. The molecule has 0 atom stereocenters. The van der Waals surface area contributed by atoms with Crippen molar-refractivity contribution in [1.29, 1.82) is 0 Å². The molecule has 0 spiro atoms. The van der Waals surface area contributed by atoms with Gasteiger partial charge >= 0.3 is 0 Å². The van der Waals surface area contributed by atoms with Gasteiger partial charge < -0.3 is 4.57 Å². The summed E-state index contributed by atoms with van der Waals surface area (Å²) >= 11 is 15.7. The largest absolute Gasteiger partial charge is 0.311 e. The smallest absolute Gasteiger partial charge is 0.280 e. The number of para-hydroxylation sites is 1. The Morgan fingerprint density at radius 2 is 2.00 bits per heavy atom. The first-order valence-corrected chi connectivity index (χ1v) is 12.1. The number of hydrogen-bond acceptors (Lipinski definition) is 4. The Balaban J connectivity index is 1.74. The van der Waals surface area contributed by atoms with E-state index in [0.29, 0.717) is 27.0 Å². The number of aromatic nitrogens is 2. The summed E-state index contributed by atoms with van der Waals surface area (Å²) in [5, 5.41) is 3.64. The fourth-order valence-corrected chi connectivity index (χ4v) is 5.74. The van der Waals surface area contributed by atoms with E-state index >= 15 is 0 Å². The van der Waals surface area contributed by atoms with E-state index in [-0.39, 0.29) is 5.91 Å². The first kappa shape index (κ1) is 21.1. The number of carbonyl (C=O) groups is 1. The highest BCUT2D eigenvalue weighted by Gasteiger charge is 2.16. The SMILES string of the molecule is C=CCn1c(=NC(=O)c2cc(-c3cccs3)nc3ccccc23)sc2ccc(Cl)c(Cl)c21. The lowest BCUT2D eigenvalue weighted by Gasteiger charge is -2.07. The maximum atomic E-state index is 13.5. The van der Waals surface area contributed by atoms with E-state index in [9.17, 15) is 4.79 Å². The number of carbonyl (C=O) groups excluding carboxylic acids is 1. The molecule has 4 nitrogen and oxygen atoms in total. The first-order valence-electron chi connectivity index (χ1n) is 9.68. The van der Waals surface area contributed by atoms with Crippen LogP contribution in [0, 0.1) is 0 Å².